The smallest absolute Gasteiger partial charge is 0.251 e. The summed E-state index contributed by atoms with van der Waals surface area (Å²) in [5.41, 5.74) is 1.40. The highest BCUT2D eigenvalue weighted by atomic mass is 16.7. The van der Waals surface area contributed by atoms with E-state index in [0.29, 0.717) is 6.04 Å². The fraction of sp³-hybridized carbons (Fsp3) is 0.500. The predicted octanol–water partition coefficient (Wildman–Crippen LogP) is 2.08. The molecule has 1 aromatic rings. The Morgan fingerprint density at radius 3 is 2.45 bits per heavy atom. The van der Waals surface area contributed by atoms with Crippen molar-refractivity contribution >= 4 is 0 Å². The Balaban J connectivity index is 1.36. The monoisotopic (exact) mass is 274 g/mol. The molecule has 4 heteroatoms. The number of nitrogens with one attached hydrogen (secondary N) is 1. The van der Waals surface area contributed by atoms with Crippen LogP contribution in [0.2, 0.25) is 0 Å². The van der Waals surface area contributed by atoms with Gasteiger partial charge in [0.1, 0.15) is 12.5 Å². The molecule has 0 atom stereocenters. The van der Waals surface area contributed by atoms with E-state index < -0.39 is 0 Å². The number of nitrogens with zero attached hydrogens (tertiary/aromatic N) is 1. The fourth-order valence-electron chi connectivity index (χ4n) is 2.77. The van der Waals surface area contributed by atoms with Gasteiger partial charge in [-0.3, -0.25) is 4.90 Å². The number of hydrogen-bond acceptors (Lipinski definition) is 4. The van der Waals surface area contributed by atoms with E-state index in [4.69, 9.17) is 9.47 Å². The molecule has 1 N–H and O–H groups in total. The highest BCUT2D eigenvalue weighted by Gasteiger charge is 2.21. The summed E-state index contributed by atoms with van der Waals surface area (Å²) >= 11 is 0. The number of benzene rings is 1. The highest BCUT2D eigenvalue weighted by Crippen LogP contribution is 2.14. The molecule has 1 fully saturated rings. The van der Waals surface area contributed by atoms with Gasteiger partial charge < -0.3 is 14.8 Å². The highest BCUT2D eigenvalue weighted by molar-refractivity contribution is 5.14. The lowest BCUT2D eigenvalue weighted by Crippen LogP contribution is -2.44. The summed E-state index contributed by atoms with van der Waals surface area (Å²) in [4.78, 5) is 2.53. The second kappa shape index (κ2) is 6.77. The maximum atomic E-state index is 5.27. The Morgan fingerprint density at radius 1 is 1.05 bits per heavy atom. The Labute approximate surface area is 120 Å². The van der Waals surface area contributed by atoms with Gasteiger partial charge in [0.2, 0.25) is 0 Å². The summed E-state index contributed by atoms with van der Waals surface area (Å²) in [7, 11) is 0. The maximum Gasteiger partial charge on any atom is 0.251 e. The summed E-state index contributed by atoms with van der Waals surface area (Å²) in [5, 5.41) is 3.53. The van der Waals surface area contributed by atoms with Crippen LogP contribution in [0.1, 0.15) is 18.4 Å². The summed E-state index contributed by atoms with van der Waals surface area (Å²) in [6.45, 7) is 4.12. The van der Waals surface area contributed by atoms with Crippen LogP contribution < -0.4 is 5.32 Å². The van der Waals surface area contributed by atoms with E-state index in [9.17, 15) is 0 Å². The van der Waals surface area contributed by atoms with Crippen LogP contribution in [0.25, 0.3) is 0 Å². The minimum Gasteiger partial charge on any atom is -0.458 e. The van der Waals surface area contributed by atoms with Crippen LogP contribution in [-0.4, -0.2) is 36.9 Å². The standard InChI is InChI=1S/C16H22N2O2/c1-2-4-14(5-3-1)13-18-8-6-15(7-9-18)17-12-16-19-10-11-20-16/h1-5,10-11,15-17H,6-9,12-13H2. The van der Waals surface area contributed by atoms with Gasteiger partial charge in [-0.05, 0) is 31.5 Å². The van der Waals surface area contributed by atoms with E-state index in [2.05, 4.69) is 40.5 Å². The van der Waals surface area contributed by atoms with Crippen LogP contribution >= 0.6 is 0 Å². The molecular formula is C16H22N2O2. The van der Waals surface area contributed by atoms with Crippen molar-refractivity contribution in [2.75, 3.05) is 19.6 Å². The van der Waals surface area contributed by atoms with E-state index >= 15 is 0 Å². The second-order valence-corrected chi connectivity index (χ2v) is 5.42. The van der Waals surface area contributed by atoms with E-state index in [-0.39, 0.29) is 6.29 Å². The molecule has 1 aromatic carbocycles. The number of piperidine rings is 1. The molecule has 0 spiro atoms. The Morgan fingerprint density at radius 2 is 1.75 bits per heavy atom. The third-order valence-electron chi connectivity index (χ3n) is 3.93. The molecule has 2 aliphatic heterocycles. The van der Waals surface area contributed by atoms with E-state index in [1.165, 1.54) is 18.4 Å². The Hall–Kier alpha value is -1.52. The molecule has 0 saturated carbocycles. The van der Waals surface area contributed by atoms with Crippen molar-refractivity contribution < 1.29 is 9.47 Å². The summed E-state index contributed by atoms with van der Waals surface area (Å²) in [6.07, 6.45) is 5.45. The molecule has 1 saturated heterocycles. The number of rotatable bonds is 5. The molecule has 0 unspecified atom stereocenters. The first-order valence-corrected chi connectivity index (χ1v) is 7.36. The minimum absolute atomic E-state index is 0.141. The predicted molar refractivity (Wildman–Crippen MR) is 77.8 cm³/mol. The molecule has 0 amide bonds. The maximum absolute atomic E-state index is 5.27. The van der Waals surface area contributed by atoms with Gasteiger partial charge in [0.15, 0.2) is 0 Å². The first-order chi connectivity index (χ1) is 9.90. The van der Waals surface area contributed by atoms with Gasteiger partial charge in [0.25, 0.3) is 6.29 Å². The van der Waals surface area contributed by atoms with Crippen molar-refractivity contribution in [3.63, 3.8) is 0 Å². The Kier molecular flexibility index (Phi) is 4.56. The first-order valence-electron chi connectivity index (χ1n) is 7.36. The van der Waals surface area contributed by atoms with Crippen molar-refractivity contribution in [3.05, 3.63) is 48.4 Å². The van der Waals surface area contributed by atoms with Crippen LogP contribution in [0.3, 0.4) is 0 Å². The normalized spacial score (nSPS) is 20.8. The van der Waals surface area contributed by atoms with Gasteiger partial charge in [-0.2, -0.15) is 0 Å². The quantitative estimate of drug-likeness (QED) is 0.891. The van der Waals surface area contributed by atoms with Crippen molar-refractivity contribution in [1.29, 1.82) is 0 Å². The average molecular weight is 274 g/mol. The second-order valence-electron chi connectivity index (χ2n) is 5.42. The van der Waals surface area contributed by atoms with Crippen molar-refractivity contribution in [2.24, 2.45) is 0 Å². The van der Waals surface area contributed by atoms with Crippen molar-refractivity contribution in [1.82, 2.24) is 10.2 Å². The van der Waals surface area contributed by atoms with Gasteiger partial charge in [0, 0.05) is 12.6 Å². The minimum atomic E-state index is -0.141. The lowest BCUT2D eigenvalue weighted by Gasteiger charge is -2.32. The van der Waals surface area contributed by atoms with Crippen molar-refractivity contribution in [2.45, 2.75) is 31.7 Å². The zero-order valence-corrected chi connectivity index (χ0v) is 11.7. The lowest BCUT2D eigenvalue weighted by atomic mass is 10.0. The van der Waals surface area contributed by atoms with Crippen LogP contribution in [0, 0.1) is 0 Å². The molecule has 20 heavy (non-hydrogen) atoms. The van der Waals surface area contributed by atoms with Gasteiger partial charge in [0.05, 0.1) is 6.54 Å². The molecule has 3 rings (SSSR count). The molecule has 4 nitrogen and oxygen atoms in total. The lowest BCUT2D eigenvalue weighted by molar-refractivity contribution is -0.0232. The van der Waals surface area contributed by atoms with Crippen LogP contribution in [0.4, 0.5) is 0 Å². The number of ether oxygens (including phenoxy) is 2. The molecule has 0 aliphatic carbocycles. The van der Waals surface area contributed by atoms with Gasteiger partial charge in [-0.15, -0.1) is 0 Å². The summed E-state index contributed by atoms with van der Waals surface area (Å²) in [5.74, 6) is 0. The largest absolute Gasteiger partial charge is 0.458 e. The zero-order valence-electron chi connectivity index (χ0n) is 11.7. The number of hydrogen-bond donors (Lipinski definition) is 1. The summed E-state index contributed by atoms with van der Waals surface area (Å²) in [6, 6.07) is 11.3. The van der Waals surface area contributed by atoms with Gasteiger partial charge in [-0.1, -0.05) is 30.3 Å². The summed E-state index contributed by atoms with van der Waals surface area (Å²) < 4.78 is 10.5. The molecule has 2 aliphatic rings. The van der Waals surface area contributed by atoms with Gasteiger partial charge >= 0.3 is 0 Å². The third-order valence-corrected chi connectivity index (χ3v) is 3.93. The first kappa shape index (κ1) is 13.5. The van der Waals surface area contributed by atoms with Crippen LogP contribution in [0.15, 0.2) is 42.9 Å². The fourth-order valence-corrected chi connectivity index (χ4v) is 2.77. The van der Waals surface area contributed by atoms with Crippen LogP contribution in [0.5, 0.6) is 0 Å². The Bertz CT molecular complexity index is 419. The average Bonchev–Trinajstić information content (AvgIpc) is 3.01. The molecule has 0 aromatic heterocycles. The van der Waals surface area contributed by atoms with Crippen LogP contribution in [-0.2, 0) is 16.0 Å². The van der Waals surface area contributed by atoms with E-state index in [1.54, 1.807) is 12.5 Å². The molecule has 0 radical (unpaired) electrons. The molecule has 2 heterocycles. The SMILES string of the molecule is C1=COC(CNC2CCN(Cc3ccccc3)CC2)O1. The molecular weight excluding hydrogens is 252 g/mol. The van der Waals surface area contributed by atoms with Gasteiger partial charge in [-0.25, -0.2) is 0 Å². The third kappa shape index (κ3) is 3.74. The zero-order chi connectivity index (χ0) is 13.6. The van der Waals surface area contributed by atoms with Crippen molar-refractivity contribution in [3.8, 4) is 0 Å². The molecule has 108 valence electrons. The molecule has 0 bridgehead atoms. The van der Waals surface area contributed by atoms with E-state index in [0.717, 1.165) is 26.2 Å². The van der Waals surface area contributed by atoms with E-state index in [1.807, 2.05) is 0 Å². The number of likely N-dealkylation sites (tertiary alicyclic amines) is 1. The topological polar surface area (TPSA) is 33.7 Å².